The molecule has 0 saturated carbocycles. The molecule has 60 heavy (non-hydrogen) atoms. The molecule has 2 unspecified atom stereocenters. The van der Waals surface area contributed by atoms with Crippen LogP contribution in [0.1, 0.15) is 51.3 Å². The molecule has 0 aromatic heterocycles. The van der Waals surface area contributed by atoms with E-state index in [0.717, 1.165) is 89.6 Å². The van der Waals surface area contributed by atoms with Crippen LogP contribution in [0.15, 0.2) is 222 Å². The Balaban J connectivity index is 1.06. The highest BCUT2D eigenvalue weighted by molar-refractivity contribution is 6.17. The third-order valence-electron chi connectivity index (χ3n) is 11.2. The predicted octanol–water partition coefficient (Wildman–Crippen LogP) is 12.7. The van der Waals surface area contributed by atoms with Crippen LogP contribution >= 0.6 is 0 Å². The number of fused-ring (bicyclic) bond motifs is 1. The minimum absolute atomic E-state index is 0.260. The fourth-order valence-electron chi connectivity index (χ4n) is 8.32. The van der Waals surface area contributed by atoms with E-state index in [1.165, 1.54) is 0 Å². The molecular formula is C55H39N5. The highest BCUT2D eigenvalue weighted by Crippen LogP contribution is 2.40. The molecule has 0 radical (unpaired) electrons. The number of hydrogen-bond acceptors (Lipinski definition) is 5. The van der Waals surface area contributed by atoms with Gasteiger partial charge in [-0.15, -0.1) is 0 Å². The summed E-state index contributed by atoms with van der Waals surface area (Å²) in [7, 11) is 0. The molecular weight excluding hydrogens is 731 g/mol. The quantitative estimate of drug-likeness (QED) is 0.162. The summed E-state index contributed by atoms with van der Waals surface area (Å²) >= 11 is 0. The standard InChI is InChI=1S/C55H39N5/c56-36-37-17-15-22-40(33-37)44-26-8-11-29-47(44)51-35-52(59-54(58-51)39-20-5-2-6-21-39)48-30-12-10-28-46(48)45-27-9-7-25-43(45)41-23-16-24-42(34-41)55-57-50-32-14-13-31-49(50)53(60-55)38-18-3-1-4-19-38/h1-35,54-55,57,59H. The summed E-state index contributed by atoms with van der Waals surface area (Å²) < 4.78 is 0. The topological polar surface area (TPSA) is 72.6 Å². The minimum Gasteiger partial charge on any atom is -0.360 e. The molecule has 2 atom stereocenters. The Hall–Kier alpha value is -8.07. The smallest absolute Gasteiger partial charge is 0.145 e. The molecule has 2 aliphatic heterocycles. The summed E-state index contributed by atoms with van der Waals surface area (Å²) in [5.74, 6) is 0. The molecule has 0 aliphatic carbocycles. The SMILES string of the molecule is N#Cc1cccc(-c2ccccc2C2=NC(c3ccccc3)NC(c3ccccc3-c3ccccc3-c3cccc(C4N=C(c5ccccc5)c5ccccc5N4)c3)=C2)c1. The zero-order valence-electron chi connectivity index (χ0n) is 32.7. The molecule has 0 fully saturated rings. The lowest BCUT2D eigenvalue weighted by atomic mass is 9.88. The second kappa shape index (κ2) is 16.1. The number of hydrogen-bond donors (Lipinski definition) is 2. The van der Waals surface area contributed by atoms with E-state index in [2.05, 4.69) is 193 Å². The van der Waals surface area contributed by atoms with E-state index in [1.54, 1.807) is 0 Å². The lowest BCUT2D eigenvalue weighted by Crippen LogP contribution is -2.25. The molecule has 0 spiro atoms. The zero-order valence-corrected chi connectivity index (χ0v) is 32.7. The summed E-state index contributed by atoms with van der Waals surface area (Å²) in [6, 6.07) is 73.6. The van der Waals surface area contributed by atoms with Gasteiger partial charge in [0, 0.05) is 33.6 Å². The van der Waals surface area contributed by atoms with Crippen molar-refractivity contribution in [1.82, 2.24) is 5.32 Å². The van der Waals surface area contributed by atoms with E-state index in [9.17, 15) is 5.26 Å². The second-order valence-electron chi connectivity index (χ2n) is 14.9. The average Bonchev–Trinajstić information content (AvgIpc) is 3.34. The van der Waals surface area contributed by atoms with E-state index in [0.29, 0.717) is 5.56 Å². The molecule has 8 aromatic rings. The van der Waals surface area contributed by atoms with Crippen molar-refractivity contribution in [3.63, 3.8) is 0 Å². The number of nitriles is 1. The summed E-state index contributed by atoms with van der Waals surface area (Å²) in [4.78, 5) is 10.7. The van der Waals surface area contributed by atoms with Crippen molar-refractivity contribution in [1.29, 1.82) is 5.26 Å². The number of anilines is 1. The molecule has 0 bridgehead atoms. The second-order valence-corrected chi connectivity index (χ2v) is 14.9. The minimum atomic E-state index is -0.325. The molecule has 2 aliphatic rings. The number of aliphatic imine (C=N–C) groups is 2. The fourth-order valence-corrected chi connectivity index (χ4v) is 8.32. The van der Waals surface area contributed by atoms with Gasteiger partial charge in [0.1, 0.15) is 12.3 Å². The fraction of sp³-hybridized carbons (Fsp3) is 0.0364. The Kier molecular flexibility index (Phi) is 9.71. The Bertz CT molecular complexity index is 3010. The monoisotopic (exact) mass is 769 g/mol. The molecule has 2 N–H and O–H groups in total. The first-order valence-corrected chi connectivity index (χ1v) is 20.2. The van der Waals surface area contributed by atoms with Crippen LogP contribution < -0.4 is 10.6 Å². The maximum Gasteiger partial charge on any atom is 0.145 e. The van der Waals surface area contributed by atoms with Gasteiger partial charge in [0.15, 0.2) is 0 Å². The third-order valence-corrected chi connectivity index (χ3v) is 11.2. The van der Waals surface area contributed by atoms with Gasteiger partial charge >= 0.3 is 0 Å². The van der Waals surface area contributed by atoms with Gasteiger partial charge in [0.05, 0.1) is 23.1 Å². The predicted molar refractivity (Wildman–Crippen MR) is 246 cm³/mol. The summed E-state index contributed by atoms with van der Waals surface area (Å²) in [6.45, 7) is 0. The van der Waals surface area contributed by atoms with Crippen molar-refractivity contribution in [2.24, 2.45) is 9.98 Å². The molecule has 0 saturated heterocycles. The summed E-state index contributed by atoms with van der Waals surface area (Å²) in [5, 5.41) is 17.3. The summed E-state index contributed by atoms with van der Waals surface area (Å²) in [6.07, 6.45) is 1.58. The molecule has 5 heteroatoms. The van der Waals surface area contributed by atoms with Gasteiger partial charge < -0.3 is 10.6 Å². The van der Waals surface area contributed by atoms with Gasteiger partial charge in [-0.3, -0.25) is 9.98 Å². The number of allylic oxidation sites excluding steroid dienone is 1. The van der Waals surface area contributed by atoms with Crippen LogP contribution in [0.3, 0.4) is 0 Å². The van der Waals surface area contributed by atoms with E-state index in [1.807, 2.05) is 36.4 Å². The zero-order chi connectivity index (χ0) is 40.3. The maximum atomic E-state index is 9.72. The van der Waals surface area contributed by atoms with Crippen LogP contribution in [0, 0.1) is 11.3 Å². The van der Waals surface area contributed by atoms with Gasteiger partial charge in [0.25, 0.3) is 0 Å². The first-order chi connectivity index (χ1) is 29.7. The van der Waals surface area contributed by atoms with Gasteiger partial charge in [0.2, 0.25) is 0 Å². The van der Waals surface area contributed by atoms with Gasteiger partial charge in [-0.2, -0.15) is 5.26 Å². The Morgan fingerprint density at radius 1 is 0.400 bits per heavy atom. The van der Waals surface area contributed by atoms with E-state index >= 15 is 0 Å². The van der Waals surface area contributed by atoms with Crippen LogP contribution in [0.2, 0.25) is 0 Å². The third kappa shape index (κ3) is 7.08. The summed E-state index contributed by atoms with van der Waals surface area (Å²) in [5.41, 5.74) is 17.4. The Morgan fingerprint density at radius 2 is 0.917 bits per heavy atom. The first kappa shape index (κ1) is 36.3. The molecule has 0 amide bonds. The Morgan fingerprint density at radius 3 is 1.65 bits per heavy atom. The first-order valence-electron chi connectivity index (χ1n) is 20.2. The number of benzene rings is 8. The van der Waals surface area contributed by atoms with Crippen molar-refractivity contribution in [2.75, 3.05) is 5.32 Å². The van der Waals surface area contributed by atoms with Crippen molar-refractivity contribution in [3.8, 4) is 39.4 Å². The van der Waals surface area contributed by atoms with E-state index < -0.39 is 0 Å². The maximum absolute atomic E-state index is 9.72. The van der Waals surface area contributed by atoms with Crippen LogP contribution in [0.5, 0.6) is 0 Å². The van der Waals surface area contributed by atoms with E-state index in [-0.39, 0.29) is 12.3 Å². The van der Waals surface area contributed by atoms with Crippen molar-refractivity contribution >= 4 is 22.8 Å². The van der Waals surface area contributed by atoms with Crippen molar-refractivity contribution < 1.29 is 0 Å². The molecule has 2 heterocycles. The lowest BCUT2D eigenvalue weighted by molar-refractivity contribution is 0.664. The van der Waals surface area contributed by atoms with Gasteiger partial charge in [-0.25, -0.2) is 0 Å². The highest BCUT2D eigenvalue weighted by atomic mass is 15.1. The molecule has 5 nitrogen and oxygen atoms in total. The molecule has 10 rings (SSSR count). The Labute approximate surface area is 350 Å². The molecule has 8 aromatic carbocycles. The van der Waals surface area contributed by atoms with Crippen LogP contribution in [-0.2, 0) is 0 Å². The lowest BCUT2D eigenvalue weighted by Gasteiger charge is -2.27. The number of nitrogens with zero attached hydrogens (tertiary/aromatic N) is 3. The van der Waals surface area contributed by atoms with Crippen LogP contribution in [-0.4, -0.2) is 11.4 Å². The average molecular weight is 770 g/mol. The normalized spacial score (nSPS) is 15.6. The number of nitrogens with one attached hydrogen (secondary N) is 2. The number of para-hydroxylation sites is 1. The van der Waals surface area contributed by atoms with Crippen molar-refractivity contribution in [2.45, 2.75) is 12.3 Å². The van der Waals surface area contributed by atoms with Crippen LogP contribution in [0.4, 0.5) is 5.69 Å². The van der Waals surface area contributed by atoms with E-state index in [4.69, 9.17) is 9.98 Å². The molecule has 284 valence electrons. The van der Waals surface area contributed by atoms with Crippen LogP contribution in [0.25, 0.3) is 39.1 Å². The number of rotatable bonds is 8. The highest BCUT2D eigenvalue weighted by Gasteiger charge is 2.25. The van der Waals surface area contributed by atoms with Gasteiger partial charge in [-0.1, -0.05) is 182 Å². The van der Waals surface area contributed by atoms with Crippen molar-refractivity contribution in [3.05, 3.63) is 251 Å². The van der Waals surface area contributed by atoms with Gasteiger partial charge in [-0.05, 0) is 74.8 Å². The largest absolute Gasteiger partial charge is 0.360 e.